The summed E-state index contributed by atoms with van der Waals surface area (Å²) in [5, 5.41) is 11.1. The maximum Gasteiger partial charge on any atom is 0.256 e. The van der Waals surface area contributed by atoms with E-state index in [0.29, 0.717) is 11.3 Å². The van der Waals surface area contributed by atoms with Crippen LogP contribution >= 0.6 is 11.3 Å². The molecule has 3 aromatic rings. The third kappa shape index (κ3) is 2.22. The number of nitrogens with two attached hydrogens (primary N) is 1. The molecule has 0 aliphatic heterocycles. The predicted octanol–water partition coefficient (Wildman–Crippen LogP) is 3.38. The van der Waals surface area contributed by atoms with Crippen molar-refractivity contribution in [1.82, 2.24) is 10.2 Å². The molecular weight excluding hydrogens is 308 g/mol. The zero-order chi connectivity index (χ0) is 16.0. The van der Waals surface area contributed by atoms with Gasteiger partial charge in [-0.15, -0.1) is 11.3 Å². The molecule has 0 unspecified atom stereocenters. The van der Waals surface area contributed by atoms with Crippen LogP contribution in [-0.4, -0.2) is 16.1 Å². The lowest BCUT2D eigenvalue weighted by molar-refractivity contribution is 0.102. The molecular formula is C17H16N4OS. The van der Waals surface area contributed by atoms with Crippen LogP contribution in [0.5, 0.6) is 0 Å². The zero-order valence-electron chi connectivity index (χ0n) is 12.6. The van der Waals surface area contributed by atoms with Crippen LogP contribution in [0.1, 0.15) is 27.3 Å². The lowest BCUT2D eigenvalue weighted by Gasteiger charge is -2.12. The maximum absolute atomic E-state index is 12.4. The maximum atomic E-state index is 12.4. The summed E-state index contributed by atoms with van der Waals surface area (Å²) in [6.45, 7) is 1.99. The van der Waals surface area contributed by atoms with Gasteiger partial charge in [0.15, 0.2) is 0 Å². The van der Waals surface area contributed by atoms with E-state index in [-0.39, 0.29) is 5.91 Å². The molecule has 2 aromatic heterocycles. The Morgan fingerprint density at radius 1 is 1.30 bits per heavy atom. The fraction of sp³-hybridized carbons (Fsp3) is 0.176. The Labute approximate surface area is 137 Å². The van der Waals surface area contributed by atoms with Gasteiger partial charge in [-0.25, -0.2) is 0 Å². The van der Waals surface area contributed by atoms with Crippen LogP contribution in [0.15, 0.2) is 30.3 Å². The second kappa shape index (κ2) is 5.24. The van der Waals surface area contributed by atoms with Crippen LogP contribution in [-0.2, 0) is 12.8 Å². The van der Waals surface area contributed by atoms with E-state index in [1.54, 1.807) is 12.1 Å². The second-order valence-electron chi connectivity index (χ2n) is 5.64. The number of fused-ring (bicyclic) bond motifs is 3. The number of rotatable bonds is 2. The van der Waals surface area contributed by atoms with Crippen LogP contribution < -0.4 is 11.1 Å². The Hall–Kier alpha value is -2.60. The smallest absolute Gasteiger partial charge is 0.256 e. The van der Waals surface area contributed by atoms with E-state index < -0.39 is 0 Å². The van der Waals surface area contributed by atoms with Crippen molar-refractivity contribution in [2.45, 2.75) is 19.8 Å². The first-order chi connectivity index (χ1) is 11.1. The number of carbonyl (C=O) groups excluding carboxylic acids is 1. The highest BCUT2D eigenvalue weighted by Gasteiger charge is 2.27. The third-order valence-electron chi connectivity index (χ3n) is 4.19. The van der Waals surface area contributed by atoms with Crippen LogP contribution in [0.4, 0.5) is 10.7 Å². The first-order valence-corrected chi connectivity index (χ1v) is 8.28. The van der Waals surface area contributed by atoms with Gasteiger partial charge in [0, 0.05) is 21.7 Å². The lowest BCUT2D eigenvalue weighted by atomic mass is 9.94. The summed E-state index contributed by atoms with van der Waals surface area (Å²) in [6, 6.07) is 9.16. The minimum atomic E-state index is -0.139. The lowest BCUT2D eigenvalue weighted by Crippen LogP contribution is -2.12. The minimum absolute atomic E-state index is 0.139. The Bertz CT molecular complexity index is 895. The fourth-order valence-corrected chi connectivity index (χ4v) is 4.29. The van der Waals surface area contributed by atoms with Crippen molar-refractivity contribution in [1.29, 1.82) is 0 Å². The van der Waals surface area contributed by atoms with E-state index in [0.717, 1.165) is 45.2 Å². The van der Waals surface area contributed by atoms with Gasteiger partial charge in [-0.2, -0.15) is 5.10 Å². The summed E-state index contributed by atoms with van der Waals surface area (Å²) in [5.74, 6) is -0.139. The molecule has 0 saturated carbocycles. The SMILES string of the molecule is Cc1n[nH]c2c1-c1sc(NC(=O)c3ccccc3)c(N)c1CC2. The standard InChI is InChI=1S/C17H16N4OS/c1-9-13-12(21-20-9)8-7-11-14(18)17(23-15(11)13)19-16(22)10-5-3-2-4-6-10/h2-6H,7-8,18H2,1H3,(H,19,22)(H,20,21). The van der Waals surface area contributed by atoms with E-state index in [2.05, 4.69) is 15.5 Å². The summed E-state index contributed by atoms with van der Waals surface area (Å²) < 4.78 is 0. The number of hydrogen-bond donors (Lipinski definition) is 3. The van der Waals surface area contributed by atoms with Crippen LogP contribution in [0, 0.1) is 6.92 Å². The number of nitrogen functional groups attached to an aromatic ring is 1. The molecule has 0 atom stereocenters. The van der Waals surface area contributed by atoms with E-state index in [4.69, 9.17) is 5.73 Å². The van der Waals surface area contributed by atoms with Crippen molar-refractivity contribution in [3.63, 3.8) is 0 Å². The molecule has 5 nitrogen and oxygen atoms in total. The van der Waals surface area contributed by atoms with Crippen LogP contribution in [0.25, 0.3) is 10.4 Å². The molecule has 1 aromatic carbocycles. The average molecular weight is 324 g/mol. The molecule has 0 saturated heterocycles. The minimum Gasteiger partial charge on any atom is -0.396 e. The number of amides is 1. The number of H-pyrrole nitrogens is 1. The van der Waals surface area contributed by atoms with Crippen LogP contribution in [0.2, 0.25) is 0 Å². The number of anilines is 2. The van der Waals surface area contributed by atoms with Gasteiger partial charge in [0.05, 0.1) is 11.4 Å². The van der Waals surface area contributed by atoms with Gasteiger partial charge in [-0.05, 0) is 37.5 Å². The van der Waals surface area contributed by atoms with Gasteiger partial charge in [0.25, 0.3) is 5.91 Å². The van der Waals surface area contributed by atoms with Gasteiger partial charge < -0.3 is 11.1 Å². The summed E-state index contributed by atoms with van der Waals surface area (Å²) in [6.07, 6.45) is 1.77. The number of thiophene rings is 1. The Morgan fingerprint density at radius 2 is 2.09 bits per heavy atom. The molecule has 1 amide bonds. The Kier molecular flexibility index (Phi) is 3.20. The van der Waals surface area contributed by atoms with Crippen molar-refractivity contribution < 1.29 is 4.79 Å². The number of hydrogen-bond acceptors (Lipinski definition) is 4. The molecule has 4 N–H and O–H groups in total. The van der Waals surface area contributed by atoms with E-state index in [1.165, 1.54) is 11.3 Å². The van der Waals surface area contributed by atoms with E-state index >= 15 is 0 Å². The highest BCUT2D eigenvalue weighted by molar-refractivity contribution is 7.20. The number of aromatic nitrogens is 2. The number of benzene rings is 1. The normalized spacial score (nSPS) is 12.6. The number of aryl methyl sites for hydroxylation is 2. The monoisotopic (exact) mass is 324 g/mol. The molecule has 0 bridgehead atoms. The van der Waals surface area contributed by atoms with Crippen molar-refractivity contribution in [2.75, 3.05) is 11.1 Å². The van der Waals surface area contributed by atoms with Crippen LogP contribution in [0.3, 0.4) is 0 Å². The van der Waals surface area contributed by atoms with Gasteiger partial charge in [0.1, 0.15) is 5.00 Å². The van der Waals surface area contributed by atoms with Crippen molar-refractivity contribution in [3.8, 4) is 10.4 Å². The first kappa shape index (κ1) is 14.0. The Balaban J connectivity index is 1.72. The highest BCUT2D eigenvalue weighted by Crippen LogP contribution is 2.47. The number of carbonyl (C=O) groups is 1. The molecule has 0 fully saturated rings. The number of aromatic amines is 1. The highest BCUT2D eigenvalue weighted by atomic mass is 32.1. The van der Waals surface area contributed by atoms with Gasteiger partial charge in [-0.3, -0.25) is 9.89 Å². The summed E-state index contributed by atoms with van der Waals surface area (Å²) in [5.41, 5.74) is 12.0. The molecule has 23 heavy (non-hydrogen) atoms. The largest absolute Gasteiger partial charge is 0.396 e. The second-order valence-corrected chi connectivity index (χ2v) is 6.66. The summed E-state index contributed by atoms with van der Waals surface area (Å²) in [4.78, 5) is 13.5. The predicted molar refractivity (Wildman–Crippen MR) is 92.9 cm³/mol. The van der Waals surface area contributed by atoms with E-state index in [9.17, 15) is 4.79 Å². The van der Waals surface area contributed by atoms with Crippen molar-refractivity contribution in [3.05, 3.63) is 52.8 Å². The zero-order valence-corrected chi connectivity index (χ0v) is 13.5. The average Bonchev–Trinajstić information content (AvgIpc) is 3.10. The molecule has 6 heteroatoms. The molecule has 0 radical (unpaired) electrons. The number of nitrogens with one attached hydrogen (secondary N) is 2. The molecule has 116 valence electrons. The fourth-order valence-electron chi connectivity index (χ4n) is 3.00. The molecule has 4 rings (SSSR count). The first-order valence-electron chi connectivity index (χ1n) is 7.47. The van der Waals surface area contributed by atoms with Crippen molar-refractivity contribution in [2.24, 2.45) is 0 Å². The molecule has 2 heterocycles. The molecule has 1 aliphatic rings. The van der Waals surface area contributed by atoms with Gasteiger partial charge in [0.2, 0.25) is 0 Å². The summed E-state index contributed by atoms with van der Waals surface area (Å²) >= 11 is 1.53. The quantitative estimate of drug-likeness (QED) is 0.675. The summed E-state index contributed by atoms with van der Waals surface area (Å²) in [7, 11) is 0. The number of nitrogens with zero attached hydrogens (tertiary/aromatic N) is 1. The third-order valence-corrected chi connectivity index (χ3v) is 5.37. The van der Waals surface area contributed by atoms with Crippen molar-refractivity contribution >= 4 is 27.9 Å². The van der Waals surface area contributed by atoms with E-state index in [1.807, 2.05) is 25.1 Å². The molecule has 0 spiro atoms. The van der Waals surface area contributed by atoms with Gasteiger partial charge in [-0.1, -0.05) is 18.2 Å². The molecule has 1 aliphatic carbocycles. The Morgan fingerprint density at radius 3 is 2.87 bits per heavy atom. The topological polar surface area (TPSA) is 83.8 Å². The van der Waals surface area contributed by atoms with Gasteiger partial charge >= 0.3 is 0 Å².